The first-order valence-corrected chi connectivity index (χ1v) is 6.63. The topological polar surface area (TPSA) is 81.5 Å². The van der Waals surface area contributed by atoms with Crippen LogP contribution < -0.4 is 5.32 Å². The molecule has 0 aliphatic rings. The highest BCUT2D eigenvalue weighted by molar-refractivity contribution is 6.31. The fraction of sp³-hybridized carbons (Fsp3) is 0.462. The Morgan fingerprint density at radius 1 is 1.57 bits per heavy atom. The van der Waals surface area contributed by atoms with Crippen LogP contribution in [0.3, 0.4) is 0 Å². The molecule has 0 saturated carbocycles. The molecule has 0 heterocycles. The number of benzene rings is 1. The van der Waals surface area contributed by atoms with Crippen molar-refractivity contribution in [2.24, 2.45) is 0 Å². The van der Waals surface area contributed by atoms with Gasteiger partial charge in [-0.25, -0.2) is 9.18 Å². The Labute approximate surface area is 126 Å². The maximum absolute atomic E-state index is 13.4. The number of rotatable bonds is 6. The smallest absolute Gasteiger partial charge is 0.331 e. The molecule has 0 saturated heterocycles. The highest BCUT2D eigenvalue weighted by Gasteiger charge is 2.35. The number of nitrogens with one attached hydrogen (secondary N) is 1. The van der Waals surface area contributed by atoms with E-state index in [-0.39, 0.29) is 10.7 Å². The lowest BCUT2D eigenvalue weighted by Crippen LogP contribution is -2.44. The minimum atomic E-state index is -1.17. The van der Waals surface area contributed by atoms with Gasteiger partial charge in [0, 0.05) is 0 Å². The molecule has 0 aliphatic heterocycles. The lowest BCUT2D eigenvalue weighted by Gasteiger charge is -2.28. The average molecular weight is 319 g/mol. The molecule has 1 aromatic carbocycles. The molecule has 0 radical (unpaired) electrons. The van der Waals surface area contributed by atoms with E-state index in [0.29, 0.717) is 18.9 Å². The predicted molar refractivity (Wildman–Crippen MR) is 77.0 cm³/mol. The van der Waals surface area contributed by atoms with E-state index in [1.54, 1.807) is 6.92 Å². The molecular formula is C13H16ClFN2O4. The van der Waals surface area contributed by atoms with Gasteiger partial charge in [-0.15, -0.1) is 0 Å². The third-order valence-electron chi connectivity index (χ3n) is 3.03. The van der Waals surface area contributed by atoms with Gasteiger partial charge in [0.25, 0.3) is 5.69 Å². The number of hydrogen-bond donors (Lipinski definition) is 1. The number of hydrogen-bond acceptors (Lipinski definition) is 5. The molecule has 116 valence electrons. The molecule has 0 aromatic heterocycles. The third-order valence-corrected chi connectivity index (χ3v) is 3.32. The Balaban J connectivity index is 3.29. The van der Waals surface area contributed by atoms with Crippen LogP contribution in [0.1, 0.15) is 26.7 Å². The van der Waals surface area contributed by atoms with Gasteiger partial charge in [0.15, 0.2) is 0 Å². The van der Waals surface area contributed by atoms with E-state index in [4.69, 9.17) is 16.3 Å². The summed E-state index contributed by atoms with van der Waals surface area (Å²) in [6, 6.07) is 1.81. The normalized spacial score (nSPS) is 13.4. The summed E-state index contributed by atoms with van der Waals surface area (Å²) in [5, 5.41) is 13.5. The lowest BCUT2D eigenvalue weighted by atomic mass is 9.95. The second-order valence-electron chi connectivity index (χ2n) is 4.74. The summed E-state index contributed by atoms with van der Waals surface area (Å²) in [7, 11) is 1.23. The van der Waals surface area contributed by atoms with Crippen LogP contribution in [0.25, 0.3) is 0 Å². The van der Waals surface area contributed by atoms with E-state index < -0.39 is 27.9 Å². The van der Waals surface area contributed by atoms with Crippen molar-refractivity contribution in [3.8, 4) is 0 Å². The van der Waals surface area contributed by atoms with E-state index in [1.807, 2.05) is 6.92 Å². The van der Waals surface area contributed by atoms with Crippen molar-refractivity contribution in [3.05, 3.63) is 33.1 Å². The van der Waals surface area contributed by atoms with Crippen molar-refractivity contribution in [3.63, 3.8) is 0 Å². The number of anilines is 1. The van der Waals surface area contributed by atoms with Gasteiger partial charge < -0.3 is 10.1 Å². The summed E-state index contributed by atoms with van der Waals surface area (Å²) in [6.07, 6.45) is 1.02. The van der Waals surface area contributed by atoms with Gasteiger partial charge in [0.05, 0.1) is 23.1 Å². The van der Waals surface area contributed by atoms with Crippen LogP contribution in [0.15, 0.2) is 12.1 Å². The Kier molecular flexibility index (Phi) is 5.48. The van der Waals surface area contributed by atoms with E-state index in [2.05, 4.69) is 5.32 Å². The van der Waals surface area contributed by atoms with Gasteiger partial charge in [-0.1, -0.05) is 24.9 Å². The highest BCUT2D eigenvalue weighted by Crippen LogP contribution is 2.33. The fourth-order valence-corrected chi connectivity index (χ4v) is 2.19. The average Bonchev–Trinajstić information content (AvgIpc) is 2.41. The summed E-state index contributed by atoms with van der Waals surface area (Å²) in [5.41, 5.74) is -1.70. The molecule has 0 amide bonds. The summed E-state index contributed by atoms with van der Waals surface area (Å²) < 4.78 is 18.1. The molecule has 0 spiro atoms. The van der Waals surface area contributed by atoms with Crippen molar-refractivity contribution < 1.29 is 18.8 Å². The van der Waals surface area contributed by atoms with Gasteiger partial charge in [-0.2, -0.15) is 0 Å². The molecule has 0 bridgehead atoms. The SMILES string of the molecule is CCCC(C)(Nc1cc(Cl)c(F)cc1[N+](=O)[O-])C(=O)OC. The van der Waals surface area contributed by atoms with Crippen molar-refractivity contribution >= 4 is 28.9 Å². The first-order chi connectivity index (χ1) is 9.75. The third kappa shape index (κ3) is 3.81. The zero-order valence-electron chi connectivity index (χ0n) is 11.9. The Hall–Kier alpha value is -1.89. The first-order valence-electron chi connectivity index (χ1n) is 6.25. The van der Waals surface area contributed by atoms with E-state index in [1.165, 1.54) is 7.11 Å². The van der Waals surface area contributed by atoms with Crippen molar-refractivity contribution in [2.75, 3.05) is 12.4 Å². The van der Waals surface area contributed by atoms with Crippen LogP contribution in [0.5, 0.6) is 0 Å². The number of esters is 1. The number of nitro groups is 1. The van der Waals surface area contributed by atoms with E-state index in [0.717, 1.165) is 6.07 Å². The zero-order valence-corrected chi connectivity index (χ0v) is 12.7. The summed E-state index contributed by atoms with van der Waals surface area (Å²) in [5.74, 6) is -1.47. The molecule has 1 aromatic rings. The van der Waals surface area contributed by atoms with Crippen LogP contribution in [0, 0.1) is 15.9 Å². The van der Waals surface area contributed by atoms with E-state index in [9.17, 15) is 19.3 Å². The van der Waals surface area contributed by atoms with Gasteiger partial charge in [0.1, 0.15) is 17.0 Å². The van der Waals surface area contributed by atoms with Crippen molar-refractivity contribution in [1.82, 2.24) is 0 Å². The van der Waals surface area contributed by atoms with Crippen LogP contribution in [-0.4, -0.2) is 23.5 Å². The Morgan fingerprint density at radius 3 is 2.67 bits per heavy atom. The van der Waals surface area contributed by atoms with Gasteiger partial charge in [-0.05, 0) is 19.4 Å². The lowest BCUT2D eigenvalue weighted by molar-refractivity contribution is -0.384. The minimum Gasteiger partial charge on any atom is -0.467 e. The van der Waals surface area contributed by atoms with Gasteiger partial charge in [-0.3, -0.25) is 10.1 Å². The molecule has 21 heavy (non-hydrogen) atoms. The molecule has 8 heteroatoms. The largest absolute Gasteiger partial charge is 0.467 e. The van der Waals surface area contributed by atoms with Gasteiger partial charge in [0.2, 0.25) is 0 Å². The number of nitrogens with zero attached hydrogens (tertiary/aromatic N) is 1. The number of ether oxygens (including phenoxy) is 1. The van der Waals surface area contributed by atoms with Crippen LogP contribution >= 0.6 is 11.6 Å². The first kappa shape index (κ1) is 17.2. The maximum atomic E-state index is 13.4. The minimum absolute atomic E-state index is 0.0345. The highest BCUT2D eigenvalue weighted by atomic mass is 35.5. The molecule has 1 rings (SSSR count). The Morgan fingerprint density at radius 2 is 2.19 bits per heavy atom. The van der Waals surface area contributed by atoms with Gasteiger partial charge >= 0.3 is 5.97 Å². The monoisotopic (exact) mass is 318 g/mol. The standard InChI is InChI=1S/C13H16ClFN2O4/c1-4-5-13(2,12(18)21-3)16-10-6-8(14)9(15)7-11(10)17(19)20/h6-7,16H,4-5H2,1-3H3. The molecule has 1 atom stereocenters. The van der Waals surface area contributed by atoms with Crippen LogP contribution in [0.4, 0.5) is 15.8 Å². The van der Waals surface area contributed by atoms with Crippen LogP contribution in [-0.2, 0) is 9.53 Å². The van der Waals surface area contributed by atoms with Crippen molar-refractivity contribution in [2.45, 2.75) is 32.2 Å². The zero-order chi connectivity index (χ0) is 16.2. The second kappa shape index (κ2) is 6.71. The molecular weight excluding hydrogens is 303 g/mol. The fourth-order valence-electron chi connectivity index (χ4n) is 2.03. The number of carbonyl (C=O) groups excluding carboxylic acids is 1. The summed E-state index contributed by atoms with van der Waals surface area (Å²) in [6.45, 7) is 3.41. The van der Waals surface area contributed by atoms with E-state index >= 15 is 0 Å². The molecule has 6 nitrogen and oxygen atoms in total. The molecule has 0 fully saturated rings. The van der Waals surface area contributed by atoms with Crippen molar-refractivity contribution in [1.29, 1.82) is 0 Å². The number of carbonyl (C=O) groups is 1. The number of halogens is 2. The number of methoxy groups -OCH3 is 1. The second-order valence-corrected chi connectivity index (χ2v) is 5.15. The molecule has 0 aliphatic carbocycles. The predicted octanol–water partition coefficient (Wildman–Crippen LogP) is 3.53. The number of nitro benzene ring substituents is 1. The molecule has 1 unspecified atom stereocenters. The maximum Gasteiger partial charge on any atom is 0.331 e. The summed E-state index contributed by atoms with van der Waals surface area (Å²) in [4.78, 5) is 22.2. The molecule has 1 N–H and O–H groups in total. The Bertz CT molecular complexity index is 567. The quantitative estimate of drug-likeness (QED) is 0.493. The summed E-state index contributed by atoms with van der Waals surface area (Å²) >= 11 is 5.66. The van der Waals surface area contributed by atoms with Crippen LogP contribution in [0.2, 0.25) is 5.02 Å².